The van der Waals surface area contributed by atoms with E-state index in [4.69, 9.17) is 22.1 Å². The maximum absolute atomic E-state index is 13.7. The number of ether oxygens (including phenoxy) is 1. The van der Waals surface area contributed by atoms with Gasteiger partial charge in [0.05, 0.1) is 7.11 Å². The van der Waals surface area contributed by atoms with E-state index in [9.17, 15) is 4.39 Å². The Bertz CT molecular complexity index is 566. The summed E-state index contributed by atoms with van der Waals surface area (Å²) < 4.78 is 18.8. The fraction of sp³-hybridized carbons (Fsp3) is 0.294. The molecule has 2 aromatic carbocycles. The molecule has 0 radical (unpaired) electrons. The molecule has 4 heteroatoms. The normalized spacial score (nSPS) is 12.2. The number of aryl methyl sites for hydroxylation is 1. The first-order valence-corrected chi connectivity index (χ1v) is 7.29. The van der Waals surface area contributed by atoms with Crippen LogP contribution in [-0.2, 0) is 12.8 Å². The number of methoxy groups -OCH3 is 1. The monoisotopic (exact) mass is 307 g/mol. The van der Waals surface area contributed by atoms with Crippen molar-refractivity contribution >= 4 is 11.6 Å². The lowest BCUT2D eigenvalue weighted by Gasteiger charge is -2.13. The minimum absolute atomic E-state index is 0.124. The smallest absolute Gasteiger partial charge is 0.127 e. The number of hydrogen-bond acceptors (Lipinski definition) is 2. The van der Waals surface area contributed by atoms with Crippen LogP contribution in [0.3, 0.4) is 0 Å². The summed E-state index contributed by atoms with van der Waals surface area (Å²) in [4.78, 5) is 0. The number of benzene rings is 2. The standard InChI is InChI=1S/C17H19ClFNO/c1-21-14-9-6-12(7-10-14)5-8-13(20)11-15-16(18)3-2-4-17(15)19/h2-4,6-7,9-10,13H,5,8,11,20H2,1H3. The Balaban J connectivity index is 1.91. The van der Waals surface area contributed by atoms with Gasteiger partial charge in [0, 0.05) is 16.6 Å². The van der Waals surface area contributed by atoms with E-state index in [1.54, 1.807) is 19.2 Å². The van der Waals surface area contributed by atoms with Gasteiger partial charge in [-0.05, 0) is 49.1 Å². The Kier molecular flexibility index (Phi) is 5.59. The summed E-state index contributed by atoms with van der Waals surface area (Å²) in [6.45, 7) is 0. The number of hydrogen-bond donors (Lipinski definition) is 1. The number of nitrogens with two attached hydrogens (primary N) is 1. The van der Waals surface area contributed by atoms with E-state index in [-0.39, 0.29) is 11.9 Å². The van der Waals surface area contributed by atoms with Gasteiger partial charge in [-0.1, -0.05) is 29.8 Å². The van der Waals surface area contributed by atoms with Crippen LogP contribution in [0.4, 0.5) is 4.39 Å². The molecule has 112 valence electrons. The molecule has 1 unspecified atom stereocenters. The van der Waals surface area contributed by atoms with Gasteiger partial charge in [0.1, 0.15) is 11.6 Å². The lowest BCUT2D eigenvalue weighted by atomic mass is 9.99. The fourth-order valence-corrected chi connectivity index (χ4v) is 2.48. The second-order valence-electron chi connectivity index (χ2n) is 5.05. The zero-order valence-electron chi connectivity index (χ0n) is 12.0. The van der Waals surface area contributed by atoms with Crippen LogP contribution in [0.2, 0.25) is 5.02 Å². The third kappa shape index (κ3) is 4.45. The molecule has 0 saturated carbocycles. The van der Waals surface area contributed by atoms with Crippen LogP contribution < -0.4 is 10.5 Å². The number of halogens is 2. The highest BCUT2D eigenvalue weighted by Crippen LogP contribution is 2.21. The summed E-state index contributed by atoms with van der Waals surface area (Å²) in [6.07, 6.45) is 2.07. The van der Waals surface area contributed by atoms with Crippen molar-refractivity contribution in [1.29, 1.82) is 0 Å². The molecule has 0 aliphatic carbocycles. The third-order valence-corrected chi connectivity index (χ3v) is 3.84. The Hall–Kier alpha value is -1.58. The maximum Gasteiger partial charge on any atom is 0.127 e. The zero-order valence-corrected chi connectivity index (χ0v) is 12.7. The zero-order chi connectivity index (χ0) is 15.2. The van der Waals surface area contributed by atoms with Crippen molar-refractivity contribution in [3.05, 3.63) is 64.4 Å². The molecule has 2 nitrogen and oxygen atoms in total. The van der Waals surface area contributed by atoms with E-state index < -0.39 is 0 Å². The molecule has 0 fully saturated rings. The predicted octanol–water partition coefficient (Wildman–Crippen LogP) is 3.99. The molecule has 0 bridgehead atoms. The van der Waals surface area contributed by atoms with E-state index in [1.807, 2.05) is 24.3 Å². The first-order chi connectivity index (χ1) is 10.1. The molecule has 2 aromatic rings. The lowest BCUT2D eigenvalue weighted by molar-refractivity contribution is 0.414. The highest BCUT2D eigenvalue weighted by atomic mass is 35.5. The molecular weight excluding hydrogens is 289 g/mol. The number of rotatable bonds is 6. The van der Waals surface area contributed by atoms with Crippen molar-refractivity contribution in [2.75, 3.05) is 7.11 Å². The quantitative estimate of drug-likeness (QED) is 0.876. The molecule has 0 aliphatic rings. The van der Waals surface area contributed by atoms with Crippen LogP contribution >= 0.6 is 11.6 Å². The van der Waals surface area contributed by atoms with E-state index in [2.05, 4.69) is 0 Å². The SMILES string of the molecule is COc1ccc(CCC(N)Cc2c(F)cccc2Cl)cc1. The van der Waals surface area contributed by atoms with E-state index in [1.165, 1.54) is 11.6 Å². The van der Waals surface area contributed by atoms with E-state index in [0.29, 0.717) is 17.0 Å². The molecule has 0 amide bonds. The van der Waals surface area contributed by atoms with Gasteiger partial charge in [-0.3, -0.25) is 0 Å². The van der Waals surface area contributed by atoms with Gasteiger partial charge < -0.3 is 10.5 Å². The molecule has 0 spiro atoms. The summed E-state index contributed by atoms with van der Waals surface area (Å²) in [7, 11) is 1.64. The summed E-state index contributed by atoms with van der Waals surface area (Å²) in [5, 5.41) is 0.440. The third-order valence-electron chi connectivity index (χ3n) is 3.49. The van der Waals surface area contributed by atoms with Crippen LogP contribution in [0.15, 0.2) is 42.5 Å². The van der Waals surface area contributed by atoms with E-state index in [0.717, 1.165) is 18.6 Å². The average molecular weight is 308 g/mol. The molecule has 0 saturated heterocycles. The van der Waals surface area contributed by atoms with Gasteiger partial charge >= 0.3 is 0 Å². The summed E-state index contributed by atoms with van der Waals surface area (Å²) in [5.74, 6) is 0.545. The Labute approximate surface area is 129 Å². The largest absolute Gasteiger partial charge is 0.497 e. The van der Waals surface area contributed by atoms with Crippen LogP contribution in [0.1, 0.15) is 17.5 Å². The van der Waals surface area contributed by atoms with Crippen molar-refractivity contribution in [2.45, 2.75) is 25.3 Å². The molecular formula is C17H19ClFNO. The van der Waals surface area contributed by atoms with Crippen molar-refractivity contribution in [3.8, 4) is 5.75 Å². The van der Waals surface area contributed by atoms with Crippen LogP contribution in [-0.4, -0.2) is 13.2 Å². The summed E-state index contributed by atoms with van der Waals surface area (Å²) in [5.41, 5.74) is 7.78. The Morgan fingerprint density at radius 2 is 1.90 bits per heavy atom. The van der Waals surface area contributed by atoms with Gasteiger partial charge in [0.25, 0.3) is 0 Å². The predicted molar refractivity (Wildman–Crippen MR) is 84.4 cm³/mol. The highest BCUT2D eigenvalue weighted by Gasteiger charge is 2.12. The summed E-state index contributed by atoms with van der Waals surface area (Å²) >= 11 is 6.01. The molecule has 0 aromatic heterocycles. The van der Waals surface area contributed by atoms with Gasteiger partial charge in [-0.2, -0.15) is 0 Å². The molecule has 2 N–H and O–H groups in total. The molecule has 0 heterocycles. The van der Waals surface area contributed by atoms with Crippen molar-refractivity contribution in [2.24, 2.45) is 5.73 Å². The molecule has 1 atom stereocenters. The first-order valence-electron chi connectivity index (χ1n) is 6.91. The van der Waals surface area contributed by atoms with Crippen LogP contribution in [0.5, 0.6) is 5.75 Å². The van der Waals surface area contributed by atoms with Crippen LogP contribution in [0.25, 0.3) is 0 Å². The second-order valence-corrected chi connectivity index (χ2v) is 5.46. The fourth-order valence-electron chi connectivity index (χ4n) is 2.24. The lowest BCUT2D eigenvalue weighted by Crippen LogP contribution is -2.24. The van der Waals surface area contributed by atoms with Gasteiger partial charge in [-0.25, -0.2) is 4.39 Å². The van der Waals surface area contributed by atoms with Crippen molar-refractivity contribution < 1.29 is 9.13 Å². The van der Waals surface area contributed by atoms with Gasteiger partial charge in [0.2, 0.25) is 0 Å². The molecule has 21 heavy (non-hydrogen) atoms. The minimum Gasteiger partial charge on any atom is -0.497 e. The second kappa shape index (κ2) is 7.43. The van der Waals surface area contributed by atoms with Crippen molar-refractivity contribution in [1.82, 2.24) is 0 Å². The Morgan fingerprint density at radius 3 is 2.52 bits per heavy atom. The molecule has 2 rings (SSSR count). The van der Waals surface area contributed by atoms with Crippen molar-refractivity contribution in [3.63, 3.8) is 0 Å². The summed E-state index contributed by atoms with van der Waals surface area (Å²) in [6, 6.07) is 12.5. The maximum atomic E-state index is 13.7. The molecule has 0 aliphatic heterocycles. The topological polar surface area (TPSA) is 35.2 Å². The average Bonchev–Trinajstić information content (AvgIpc) is 2.49. The van der Waals surface area contributed by atoms with Gasteiger partial charge in [-0.15, -0.1) is 0 Å². The minimum atomic E-state index is -0.289. The first kappa shape index (κ1) is 15.8. The highest BCUT2D eigenvalue weighted by molar-refractivity contribution is 6.31. The van der Waals surface area contributed by atoms with Gasteiger partial charge in [0.15, 0.2) is 0 Å². The van der Waals surface area contributed by atoms with Crippen LogP contribution in [0, 0.1) is 5.82 Å². The Morgan fingerprint density at radius 1 is 1.19 bits per heavy atom. The van der Waals surface area contributed by atoms with E-state index >= 15 is 0 Å².